The molecule has 6 aromatic rings. The fourth-order valence-electron chi connectivity index (χ4n) is 5.75. The van der Waals surface area contributed by atoms with Gasteiger partial charge in [-0.2, -0.15) is 0 Å². The van der Waals surface area contributed by atoms with E-state index in [2.05, 4.69) is 182 Å². The van der Waals surface area contributed by atoms with Crippen molar-refractivity contribution in [1.29, 1.82) is 0 Å². The summed E-state index contributed by atoms with van der Waals surface area (Å²) in [6.45, 7) is 0. The number of hydrogen-bond donors (Lipinski definition) is 0. The van der Waals surface area contributed by atoms with Gasteiger partial charge in [-0.1, -0.05) is 109 Å². The van der Waals surface area contributed by atoms with E-state index in [9.17, 15) is 0 Å². The molecule has 43 heavy (non-hydrogen) atoms. The molecule has 6 aromatic carbocycles. The molecule has 0 heterocycles. The van der Waals surface area contributed by atoms with Crippen LogP contribution in [0.3, 0.4) is 0 Å². The van der Waals surface area contributed by atoms with Gasteiger partial charge < -0.3 is 4.74 Å². The Kier molecular flexibility index (Phi) is 12.1. The molecule has 0 atom stereocenters. The van der Waals surface area contributed by atoms with E-state index in [1.54, 1.807) is 0 Å². The van der Waals surface area contributed by atoms with Crippen molar-refractivity contribution in [3.8, 4) is 0 Å². The van der Waals surface area contributed by atoms with Crippen molar-refractivity contribution >= 4 is 80.3 Å². The Hall–Kier alpha value is -2.90. The highest BCUT2D eigenvalue weighted by Gasteiger charge is 2.50. The lowest BCUT2D eigenvalue weighted by molar-refractivity contribution is 0.233. The Morgan fingerprint density at radius 3 is 0.605 bits per heavy atom. The molecule has 0 saturated carbocycles. The monoisotopic (exact) mass is 728 g/mol. The third-order valence-corrected chi connectivity index (χ3v) is 16.0. The summed E-state index contributed by atoms with van der Waals surface area (Å²) in [5.74, 6) is 0. The molecule has 5 heteroatoms. The summed E-state index contributed by atoms with van der Waals surface area (Å²) in [5.41, 5.74) is 0. The first-order chi connectivity index (χ1) is 20.3. The summed E-state index contributed by atoms with van der Waals surface area (Å²) < 4.78 is 7.19. The summed E-state index contributed by atoms with van der Waals surface area (Å²) in [6.07, 6.45) is 1.25. The maximum absolute atomic E-state index is 7.19. The minimum atomic E-state index is -2.12. The van der Waals surface area contributed by atoms with Crippen LogP contribution in [-0.2, 0) is 4.74 Å². The summed E-state index contributed by atoms with van der Waals surface area (Å²) in [6, 6.07) is 65.9. The summed E-state index contributed by atoms with van der Waals surface area (Å²) in [7, 11) is -4.24. The Bertz CT molecular complexity index is 1320. The van der Waals surface area contributed by atoms with Crippen LogP contribution in [0, 0.1) is 0 Å². The van der Waals surface area contributed by atoms with Crippen LogP contribution in [0.2, 0.25) is 0 Å². The SMILES string of the molecule is Br.Br.c1ccc([P+](COC[P+](c2ccccc2)(c2ccccc2)c2ccccc2)(c2ccccc2)c2ccccc2)cc1. The first kappa shape index (κ1) is 33.0. The lowest BCUT2D eigenvalue weighted by Gasteiger charge is -2.30. The van der Waals surface area contributed by atoms with Gasteiger partial charge in [-0.25, -0.2) is 0 Å². The van der Waals surface area contributed by atoms with Gasteiger partial charge in [-0.05, 0) is 72.8 Å². The van der Waals surface area contributed by atoms with Crippen LogP contribution < -0.4 is 31.8 Å². The maximum Gasteiger partial charge on any atom is 0.175 e. The molecule has 0 aromatic heterocycles. The Balaban J connectivity index is 0.00000212. The van der Waals surface area contributed by atoms with E-state index in [-0.39, 0.29) is 34.0 Å². The summed E-state index contributed by atoms with van der Waals surface area (Å²) in [4.78, 5) is 0. The van der Waals surface area contributed by atoms with Crippen molar-refractivity contribution in [1.82, 2.24) is 0 Å². The standard InChI is InChI=1S/C38H34OP2.2BrH/c1-7-19-33(20-8-1)40(34-21-9-2-10-22-34,35-23-11-3-12-24-35)31-39-32-41(36-25-13-4-14-26-36,37-27-15-5-16-28-37)38-29-17-6-18-30-38;;/h1-30H,31-32H2;2*1H/q+2;;. The Labute approximate surface area is 278 Å². The van der Waals surface area contributed by atoms with Crippen LogP contribution in [0.1, 0.15) is 0 Å². The zero-order valence-electron chi connectivity index (χ0n) is 23.9. The topological polar surface area (TPSA) is 9.23 Å². The minimum Gasteiger partial charge on any atom is -0.309 e. The number of benzene rings is 6. The summed E-state index contributed by atoms with van der Waals surface area (Å²) in [5, 5.41) is 8.00. The Morgan fingerprint density at radius 1 is 0.279 bits per heavy atom. The van der Waals surface area contributed by atoms with Gasteiger partial charge in [-0.3, -0.25) is 0 Å². The smallest absolute Gasteiger partial charge is 0.175 e. The second-order valence-corrected chi connectivity index (χ2v) is 16.9. The van der Waals surface area contributed by atoms with Crippen LogP contribution in [0.5, 0.6) is 0 Å². The fraction of sp³-hybridized carbons (Fsp3) is 0.0526. The van der Waals surface area contributed by atoms with Gasteiger partial charge in [0.1, 0.15) is 46.4 Å². The van der Waals surface area contributed by atoms with Gasteiger partial charge in [0, 0.05) is 0 Å². The second kappa shape index (κ2) is 15.7. The normalized spacial score (nSPS) is 11.2. The van der Waals surface area contributed by atoms with Crippen molar-refractivity contribution in [3.63, 3.8) is 0 Å². The van der Waals surface area contributed by atoms with Crippen molar-refractivity contribution in [3.05, 3.63) is 182 Å². The lowest BCUT2D eigenvalue weighted by atomic mass is 10.4. The number of rotatable bonds is 10. The molecule has 0 unspecified atom stereocenters. The van der Waals surface area contributed by atoms with E-state index in [0.29, 0.717) is 12.7 Å². The van der Waals surface area contributed by atoms with Crippen molar-refractivity contribution in [2.24, 2.45) is 0 Å². The van der Waals surface area contributed by atoms with Crippen molar-refractivity contribution in [2.75, 3.05) is 12.7 Å². The quantitative estimate of drug-likeness (QED) is 0.130. The van der Waals surface area contributed by atoms with E-state index >= 15 is 0 Å². The molecule has 0 spiro atoms. The highest BCUT2D eigenvalue weighted by atomic mass is 79.9. The average Bonchev–Trinajstić information content (AvgIpc) is 3.08. The first-order valence-corrected chi connectivity index (χ1v) is 18.0. The number of ether oxygens (including phenoxy) is 1. The molecule has 0 amide bonds. The van der Waals surface area contributed by atoms with E-state index in [4.69, 9.17) is 4.74 Å². The molecule has 0 saturated heterocycles. The predicted octanol–water partition coefficient (Wildman–Crippen LogP) is 8.06. The number of hydrogen-bond acceptors (Lipinski definition) is 1. The number of halogens is 2. The highest BCUT2D eigenvalue weighted by Crippen LogP contribution is 2.59. The van der Waals surface area contributed by atoms with Gasteiger partial charge >= 0.3 is 0 Å². The van der Waals surface area contributed by atoms with Crippen LogP contribution in [0.4, 0.5) is 0 Å². The van der Waals surface area contributed by atoms with Crippen LogP contribution in [0.25, 0.3) is 0 Å². The third kappa shape index (κ3) is 6.78. The van der Waals surface area contributed by atoms with E-state index in [1.807, 2.05) is 0 Å². The molecule has 216 valence electrons. The van der Waals surface area contributed by atoms with E-state index < -0.39 is 14.5 Å². The van der Waals surface area contributed by atoms with Gasteiger partial charge in [0.05, 0.1) is 0 Å². The van der Waals surface area contributed by atoms with Gasteiger partial charge in [-0.15, -0.1) is 34.0 Å². The van der Waals surface area contributed by atoms with Crippen molar-refractivity contribution < 1.29 is 4.74 Å². The van der Waals surface area contributed by atoms with Crippen LogP contribution in [-0.4, -0.2) is 12.7 Å². The molecular formula is C38H36Br2OP2+2. The predicted molar refractivity (Wildman–Crippen MR) is 202 cm³/mol. The molecule has 0 aliphatic rings. The van der Waals surface area contributed by atoms with Gasteiger partial charge in [0.2, 0.25) is 0 Å². The van der Waals surface area contributed by atoms with Crippen LogP contribution >= 0.6 is 48.5 Å². The van der Waals surface area contributed by atoms with E-state index in [0.717, 1.165) is 0 Å². The zero-order valence-corrected chi connectivity index (χ0v) is 29.1. The molecule has 0 radical (unpaired) electrons. The lowest BCUT2D eigenvalue weighted by Crippen LogP contribution is -2.37. The molecular weight excluding hydrogens is 694 g/mol. The molecule has 1 nitrogen and oxygen atoms in total. The van der Waals surface area contributed by atoms with E-state index in [1.165, 1.54) is 31.8 Å². The van der Waals surface area contributed by atoms with Gasteiger partial charge in [0.25, 0.3) is 0 Å². The fourth-order valence-corrected chi connectivity index (χ4v) is 13.4. The van der Waals surface area contributed by atoms with Gasteiger partial charge in [0.15, 0.2) is 12.7 Å². The average molecular weight is 730 g/mol. The maximum atomic E-state index is 7.19. The zero-order chi connectivity index (χ0) is 27.8. The Morgan fingerprint density at radius 2 is 0.442 bits per heavy atom. The largest absolute Gasteiger partial charge is 0.309 e. The minimum absolute atomic E-state index is 0. The second-order valence-electron chi connectivity index (χ2n) is 10.1. The first-order valence-electron chi connectivity index (χ1n) is 14.0. The molecule has 0 N–H and O–H groups in total. The summed E-state index contributed by atoms with van der Waals surface area (Å²) >= 11 is 0. The van der Waals surface area contributed by atoms with Crippen LogP contribution in [0.15, 0.2) is 182 Å². The molecule has 0 aliphatic carbocycles. The molecule has 0 bridgehead atoms. The molecule has 6 rings (SSSR count). The van der Waals surface area contributed by atoms with Crippen molar-refractivity contribution in [2.45, 2.75) is 0 Å². The highest BCUT2D eigenvalue weighted by molar-refractivity contribution is 8.93. The molecule has 0 fully saturated rings. The third-order valence-electron chi connectivity index (χ3n) is 7.75. The molecule has 0 aliphatic heterocycles.